The van der Waals surface area contributed by atoms with Gasteiger partial charge in [0.25, 0.3) is 0 Å². The fraction of sp³-hybridized carbons (Fsp3) is 0.333. The van der Waals surface area contributed by atoms with Gasteiger partial charge in [-0.3, -0.25) is 0 Å². The number of alkyl halides is 2. The molecule has 0 aliphatic heterocycles. The third kappa shape index (κ3) is 3.05. The SMILES string of the molecule is Cl.N[C@@H](CC(F)F)c1c(F)c(F)c(F)c(F)c1F. The van der Waals surface area contributed by atoms with Crippen LogP contribution in [0.4, 0.5) is 30.7 Å². The maximum Gasteiger partial charge on any atom is 0.240 e. The van der Waals surface area contributed by atoms with Crippen LogP contribution in [-0.4, -0.2) is 6.43 Å². The highest BCUT2D eigenvalue weighted by atomic mass is 35.5. The molecule has 1 rings (SSSR count). The molecule has 0 amide bonds. The normalized spacial score (nSPS) is 12.5. The van der Waals surface area contributed by atoms with Crippen molar-refractivity contribution in [3.63, 3.8) is 0 Å². The van der Waals surface area contributed by atoms with Gasteiger partial charge in [0.1, 0.15) is 0 Å². The summed E-state index contributed by atoms with van der Waals surface area (Å²) in [7, 11) is 0. The van der Waals surface area contributed by atoms with E-state index < -0.39 is 53.5 Å². The molecule has 0 spiro atoms. The van der Waals surface area contributed by atoms with Gasteiger partial charge in [-0.05, 0) is 0 Å². The zero-order valence-electron chi connectivity index (χ0n) is 8.49. The van der Waals surface area contributed by atoms with E-state index in [1.807, 2.05) is 0 Å². The summed E-state index contributed by atoms with van der Waals surface area (Å²) in [5.74, 6) is -11.1. The molecule has 18 heavy (non-hydrogen) atoms. The van der Waals surface area contributed by atoms with Gasteiger partial charge < -0.3 is 5.73 Å². The summed E-state index contributed by atoms with van der Waals surface area (Å²) in [6.07, 6.45) is -4.24. The summed E-state index contributed by atoms with van der Waals surface area (Å²) in [6, 6.07) is -1.97. The molecule has 9 heteroatoms. The highest BCUT2D eigenvalue weighted by molar-refractivity contribution is 5.85. The van der Waals surface area contributed by atoms with Crippen molar-refractivity contribution in [1.29, 1.82) is 0 Å². The summed E-state index contributed by atoms with van der Waals surface area (Å²) in [5, 5.41) is 0. The Hall–Kier alpha value is -1.02. The number of halogens is 8. The van der Waals surface area contributed by atoms with E-state index in [0.29, 0.717) is 0 Å². The quantitative estimate of drug-likeness (QED) is 0.516. The minimum absolute atomic E-state index is 0. The molecule has 0 heterocycles. The fourth-order valence-electron chi connectivity index (χ4n) is 1.26. The molecule has 2 N–H and O–H groups in total. The Balaban J connectivity index is 0.00000289. The zero-order valence-corrected chi connectivity index (χ0v) is 9.31. The van der Waals surface area contributed by atoms with E-state index in [1.165, 1.54) is 0 Å². The first kappa shape index (κ1) is 17.0. The lowest BCUT2D eigenvalue weighted by atomic mass is 10.0. The Morgan fingerprint density at radius 3 is 1.44 bits per heavy atom. The lowest BCUT2D eigenvalue weighted by Gasteiger charge is -2.14. The number of hydrogen-bond donors (Lipinski definition) is 1. The topological polar surface area (TPSA) is 26.0 Å². The molecule has 1 aromatic rings. The summed E-state index contributed by atoms with van der Waals surface area (Å²) in [4.78, 5) is 0. The Kier molecular flexibility index (Phi) is 5.88. The molecule has 1 aromatic carbocycles. The molecule has 0 aliphatic rings. The van der Waals surface area contributed by atoms with E-state index in [-0.39, 0.29) is 12.4 Å². The zero-order chi connectivity index (χ0) is 13.3. The predicted octanol–water partition coefficient (Wildman–Crippen LogP) is 3.46. The summed E-state index contributed by atoms with van der Waals surface area (Å²) >= 11 is 0. The summed E-state index contributed by atoms with van der Waals surface area (Å²) in [6.45, 7) is 0. The largest absolute Gasteiger partial charge is 0.324 e. The average Bonchev–Trinajstić information content (AvgIpc) is 2.23. The molecule has 0 unspecified atom stereocenters. The molecule has 0 radical (unpaired) electrons. The van der Waals surface area contributed by atoms with E-state index in [4.69, 9.17) is 5.73 Å². The van der Waals surface area contributed by atoms with Crippen LogP contribution < -0.4 is 5.73 Å². The van der Waals surface area contributed by atoms with E-state index in [0.717, 1.165) is 0 Å². The maximum absolute atomic E-state index is 13.1. The molecular formula is C9H7ClF7N. The second kappa shape index (κ2) is 6.24. The summed E-state index contributed by atoms with van der Waals surface area (Å²) in [5.41, 5.74) is 3.54. The highest BCUT2D eigenvalue weighted by Crippen LogP contribution is 2.29. The van der Waals surface area contributed by atoms with Crippen LogP contribution in [0.1, 0.15) is 18.0 Å². The van der Waals surface area contributed by atoms with Gasteiger partial charge in [-0.2, -0.15) is 0 Å². The Morgan fingerprint density at radius 2 is 1.11 bits per heavy atom. The van der Waals surface area contributed by atoms with Crippen molar-refractivity contribution in [1.82, 2.24) is 0 Å². The number of nitrogens with two attached hydrogens (primary N) is 1. The van der Waals surface area contributed by atoms with Gasteiger partial charge in [0.2, 0.25) is 12.2 Å². The lowest BCUT2D eigenvalue weighted by molar-refractivity contribution is 0.127. The van der Waals surface area contributed by atoms with Gasteiger partial charge >= 0.3 is 0 Å². The van der Waals surface area contributed by atoms with Crippen molar-refractivity contribution in [2.75, 3.05) is 0 Å². The Labute approximate surface area is 103 Å². The van der Waals surface area contributed by atoms with E-state index in [9.17, 15) is 30.7 Å². The third-order valence-corrected chi connectivity index (χ3v) is 2.05. The molecule has 104 valence electrons. The van der Waals surface area contributed by atoms with Gasteiger partial charge in [-0.15, -0.1) is 12.4 Å². The monoisotopic (exact) mass is 297 g/mol. The van der Waals surface area contributed by atoms with Crippen molar-refractivity contribution in [3.05, 3.63) is 34.6 Å². The second-order valence-corrected chi connectivity index (χ2v) is 3.22. The van der Waals surface area contributed by atoms with Crippen LogP contribution in [0, 0.1) is 29.1 Å². The first-order chi connectivity index (χ1) is 7.77. The van der Waals surface area contributed by atoms with Crippen LogP contribution in [0.25, 0.3) is 0 Å². The van der Waals surface area contributed by atoms with Gasteiger partial charge in [-0.25, -0.2) is 30.7 Å². The van der Waals surface area contributed by atoms with E-state index in [2.05, 4.69) is 0 Å². The standard InChI is InChI=1S/C9H6F7N.ClH/c10-3(11)1-2(17)4-5(12)7(14)9(16)8(15)6(4)13;/h2-3H,1,17H2;1H/t2-;/m0./s1. The Morgan fingerprint density at radius 1 is 0.778 bits per heavy atom. The molecule has 0 bridgehead atoms. The van der Waals surface area contributed by atoms with Crippen molar-refractivity contribution < 1.29 is 30.7 Å². The second-order valence-electron chi connectivity index (χ2n) is 3.22. The number of rotatable bonds is 3. The van der Waals surface area contributed by atoms with Gasteiger partial charge in [0.05, 0.1) is 0 Å². The van der Waals surface area contributed by atoms with Crippen molar-refractivity contribution in [2.24, 2.45) is 5.73 Å². The average molecular weight is 298 g/mol. The number of hydrogen-bond acceptors (Lipinski definition) is 1. The molecule has 0 saturated heterocycles. The van der Waals surface area contributed by atoms with E-state index >= 15 is 0 Å². The number of benzene rings is 1. The molecule has 0 fully saturated rings. The molecule has 1 nitrogen and oxygen atoms in total. The van der Waals surface area contributed by atoms with Crippen LogP contribution in [0.15, 0.2) is 0 Å². The molecule has 0 saturated carbocycles. The molecular weight excluding hydrogens is 291 g/mol. The first-order valence-corrected chi connectivity index (χ1v) is 4.32. The fourth-order valence-corrected chi connectivity index (χ4v) is 1.26. The minimum Gasteiger partial charge on any atom is -0.324 e. The smallest absolute Gasteiger partial charge is 0.240 e. The van der Waals surface area contributed by atoms with Gasteiger partial charge in [-0.1, -0.05) is 0 Å². The van der Waals surface area contributed by atoms with E-state index in [1.54, 1.807) is 0 Å². The molecule has 0 aromatic heterocycles. The molecule has 1 atom stereocenters. The highest BCUT2D eigenvalue weighted by Gasteiger charge is 2.29. The van der Waals surface area contributed by atoms with Crippen LogP contribution in [-0.2, 0) is 0 Å². The predicted molar refractivity (Wildman–Crippen MR) is 51.0 cm³/mol. The minimum atomic E-state index is -3.03. The third-order valence-electron chi connectivity index (χ3n) is 2.05. The molecule has 0 aliphatic carbocycles. The van der Waals surface area contributed by atoms with Gasteiger partial charge in [0, 0.05) is 18.0 Å². The lowest BCUT2D eigenvalue weighted by Crippen LogP contribution is -2.20. The Bertz CT molecular complexity index is 408. The first-order valence-electron chi connectivity index (χ1n) is 4.32. The van der Waals surface area contributed by atoms with Crippen LogP contribution in [0.5, 0.6) is 0 Å². The van der Waals surface area contributed by atoms with Crippen LogP contribution >= 0.6 is 12.4 Å². The van der Waals surface area contributed by atoms with Crippen molar-refractivity contribution in [3.8, 4) is 0 Å². The summed E-state index contributed by atoms with van der Waals surface area (Å²) < 4.78 is 88.0. The van der Waals surface area contributed by atoms with Crippen molar-refractivity contribution in [2.45, 2.75) is 18.9 Å². The maximum atomic E-state index is 13.1. The van der Waals surface area contributed by atoms with Gasteiger partial charge in [0.15, 0.2) is 23.3 Å². The van der Waals surface area contributed by atoms with Crippen LogP contribution in [0.3, 0.4) is 0 Å². The van der Waals surface area contributed by atoms with Crippen LogP contribution in [0.2, 0.25) is 0 Å². The van der Waals surface area contributed by atoms with Crippen molar-refractivity contribution >= 4 is 12.4 Å².